The minimum atomic E-state index is -0.707. The van der Waals surface area contributed by atoms with Crippen molar-refractivity contribution < 1.29 is 15.0 Å². The van der Waals surface area contributed by atoms with Gasteiger partial charge in [-0.2, -0.15) is 0 Å². The van der Waals surface area contributed by atoms with E-state index in [-0.39, 0.29) is 6.61 Å². The largest absolute Gasteiger partial charge is 0.396 e. The van der Waals surface area contributed by atoms with Gasteiger partial charge >= 0.3 is 0 Å². The molecule has 0 aliphatic carbocycles. The topological polar surface area (TPSA) is 57.5 Å². The molecule has 0 rings (SSSR count). The standard InChI is InChI=1S/C18H32O3/c1-5-14(2)10-16(4)11-15(3)8-6-7-9-18(21)17(12-19)13-20/h5,10,12,15,17-18,20-21H,6-9,11,13H2,1-4H3/t15-,17-,18-/m1/s1. The van der Waals surface area contributed by atoms with Crippen LogP contribution in [0.25, 0.3) is 0 Å². The summed E-state index contributed by atoms with van der Waals surface area (Å²) in [4.78, 5) is 10.6. The van der Waals surface area contributed by atoms with Gasteiger partial charge in [-0.05, 0) is 39.5 Å². The van der Waals surface area contributed by atoms with Crippen molar-refractivity contribution >= 4 is 6.29 Å². The average molecular weight is 296 g/mol. The maximum Gasteiger partial charge on any atom is 0.127 e. The number of hydrogen-bond acceptors (Lipinski definition) is 3. The highest BCUT2D eigenvalue weighted by molar-refractivity contribution is 5.54. The molecule has 0 radical (unpaired) electrons. The first-order valence-electron chi connectivity index (χ1n) is 7.98. The van der Waals surface area contributed by atoms with Crippen LogP contribution >= 0.6 is 0 Å². The van der Waals surface area contributed by atoms with Crippen molar-refractivity contribution in [2.24, 2.45) is 11.8 Å². The van der Waals surface area contributed by atoms with E-state index >= 15 is 0 Å². The Balaban J connectivity index is 3.92. The number of aliphatic hydroxyl groups is 2. The molecule has 0 fully saturated rings. The summed E-state index contributed by atoms with van der Waals surface area (Å²) >= 11 is 0. The van der Waals surface area contributed by atoms with Crippen LogP contribution in [0.4, 0.5) is 0 Å². The van der Waals surface area contributed by atoms with Crippen molar-refractivity contribution in [2.75, 3.05) is 6.61 Å². The van der Waals surface area contributed by atoms with Gasteiger partial charge < -0.3 is 15.0 Å². The monoisotopic (exact) mass is 296 g/mol. The Kier molecular flexibility index (Phi) is 11.2. The third kappa shape index (κ3) is 9.59. The fraction of sp³-hybridized carbons (Fsp3) is 0.722. The second-order valence-corrected chi connectivity index (χ2v) is 6.17. The van der Waals surface area contributed by atoms with Crippen molar-refractivity contribution in [3.05, 3.63) is 23.3 Å². The minimum Gasteiger partial charge on any atom is -0.396 e. The quantitative estimate of drug-likeness (QED) is 0.347. The van der Waals surface area contributed by atoms with Gasteiger partial charge in [-0.15, -0.1) is 0 Å². The number of carbonyl (C=O) groups excluding carboxylic acids is 1. The van der Waals surface area contributed by atoms with Crippen LogP contribution in [-0.2, 0) is 4.79 Å². The van der Waals surface area contributed by atoms with Gasteiger partial charge in [-0.25, -0.2) is 0 Å². The molecule has 0 saturated heterocycles. The maximum absolute atomic E-state index is 10.6. The van der Waals surface area contributed by atoms with Gasteiger partial charge in [0.15, 0.2) is 0 Å². The summed E-state index contributed by atoms with van der Waals surface area (Å²) in [6.45, 7) is 8.31. The van der Waals surface area contributed by atoms with E-state index in [1.54, 1.807) is 0 Å². The molecule has 3 atom stereocenters. The predicted octanol–water partition coefficient (Wildman–Crippen LogP) is 3.65. The molecule has 0 aromatic carbocycles. The summed E-state index contributed by atoms with van der Waals surface area (Å²) in [5.41, 5.74) is 2.70. The van der Waals surface area contributed by atoms with E-state index in [0.29, 0.717) is 18.6 Å². The number of aliphatic hydroxyl groups excluding tert-OH is 2. The zero-order valence-electron chi connectivity index (χ0n) is 14.0. The van der Waals surface area contributed by atoms with Gasteiger partial charge in [-0.1, -0.05) is 49.5 Å². The molecule has 0 aliphatic heterocycles. The molecule has 0 aliphatic rings. The van der Waals surface area contributed by atoms with E-state index in [9.17, 15) is 9.90 Å². The van der Waals surface area contributed by atoms with Crippen LogP contribution in [0.2, 0.25) is 0 Å². The predicted molar refractivity (Wildman–Crippen MR) is 88.1 cm³/mol. The zero-order valence-corrected chi connectivity index (χ0v) is 14.0. The van der Waals surface area contributed by atoms with Crippen molar-refractivity contribution in [3.8, 4) is 0 Å². The first-order valence-corrected chi connectivity index (χ1v) is 7.98. The lowest BCUT2D eigenvalue weighted by Gasteiger charge is -2.16. The number of rotatable bonds is 11. The average Bonchev–Trinajstić information content (AvgIpc) is 2.44. The van der Waals surface area contributed by atoms with Gasteiger partial charge in [0.25, 0.3) is 0 Å². The molecule has 0 bridgehead atoms. The second-order valence-electron chi connectivity index (χ2n) is 6.17. The van der Waals surface area contributed by atoms with Gasteiger partial charge in [0.2, 0.25) is 0 Å². The highest BCUT2D eigenvalue weighted by atomic mass is 16.3. The van der Waals surface area contributed by atoms with E-state index < -0.39 is 12.0 Å². The smallest absolute Gasteiger partial charge is 0.127 e. The molecule has 2 N–H and O–H groups in total. The molecule has 0 amide bonds. The highest BCUT2D eigenvalue weighted by Crippen LogP contribution is 2.20. The highest BCUT2D eigenvalue weighted by Gasteiger charge is 2.16. The van der Waals surface area contributed by atoms with Crippen LogP contribution in [0.3, 0.4) is 0 Å². The first-order chi connectivity index (χ1) is 9.94. The number of carbonyl (C=O) groups is 1. The molecule has 0 unspecified atom stereocenters. The summed E-state index contributed by atoms with van der Waals surface area (Å²) < 4.78 is 0. The van der Waals surface area contributed by atoms with Crippen LogP contribution in [-0.4, -0.2) is 29.2 Å². The Morgan fingerprint density at radius 1 is 1.19 bits per heavy atom. The molecular formula is C18H32O3. The second kappa shape index (κ2) is 11.7. The third-order valence-electron chi connectivity index (χ3n) is 3.93. The van der Waals surface area contributed by atoms with E-state index in [4.69, 9.17) is 5.11 Å². The molecule has 0 saturated carbocycles. The van der Waals surface area contributed by atoms with Crippen molar-refractivity contribution in [2.45, 2.75) is 65.9 Å². The van der Waals surface area contributed by atoms with Gasteiger partial charge in [-0.3, -0.25) is 0 Å². The number of hydrogen-bond donors (Lipinski definition) is 2. The Morgan fingerprint density at radius 3 is 2.33 bits per heavy atom. The fourth-order valence-corrected chi connectivity index (χ4v) is 2.50. The first kappa shape index (κ1) is 20.1. The molecule has 0 aromatic rings. The van der Waals surface area contributed by atoms with Crippen LogP contribution in [0.1, 0.15) is 59.8 Å². The summed E-state index contributed by atoms with van der Waals surface area (Å²) in [7, 11) is 0. The number of unbranched alkanes of at least 4 members (excludes halogenated alkanes) is 1. The van der Waals surface area contributed by atoms with E-state index in [0.717, 1.165) is 25.7 Å². The Hall–Kier alpha value is -0.930. The summed E-state index contributed by atoms with van der Waals surface area (Å²) in [5, 5.41) is 18.7. The zero-order chi connectivity index (χ0) is 16.3. The van der Waals surface area contributed by atoms with Crippen molar-refractivity contribution in [1.29, 1.82) is 0 Å². The van der Waals surface area contributed by atoms with Crippen molar-refractivity contribution in [3.63, 3.8) is 0 Å². The van der Waals surface area contributed by atoms with Crippen LogP contribution in [0.15, 0.2) is 23.3 Å². The lowest BCUT2D eigenvalue weighted by Crippen LogP contribution is -2.24. The maximum atomic E-state index is 10.6. The lowest BCUT2D eigenvalue weighted by atomic mass is 9.93. The lowest BCUT2D eigenvalue weighted by molar-refractivity contribution is -0.116. The van der Waals surface area contributed by atoms with E-state index in [1.807, 2.05) is 6.92 Å². The Bertz CT molecular complexity index is 344. The fourth-order valence-electron chi connectivity index (χ4n) is 2.50. The molecule has 0 spiro atoms. The van der Waals surface area contributed by atoms with Crippen LogP contribution < -0.4 is 0 Å². The SMILES string of the molecule is CC=C(C)C=C(C)C[C@H](C)CCCC[C@@H](O)[C@H](C=O)CO. The summed E-state index contributed by atoms with van der Waals surface area (Å²) in [6.07, 6.45) is 9.03. The molecular weight excluding hydrogens is 264 g/mol. The molecule has 122 valence electrons. The van der Waals surface area contributed by atoms with Gasteiger partial charge in [0.1, 0.15) is 6.29 Å². The molecule has 21 heavy (non-hydrogen) atoms. The van der Waals surface area contributed by atoms with Gasteiger partial charge in [0.05, 0.1) is 18.6 Å². The molecule has 0 heterocycles. The van der Waals surface area contributed by atoms with Crippen LogP contribution in [0.5, 0.6) is 0 Å². The Morgan fingerprint density at radius 2 is 1.81 bits per heavy atom. The molecule has 3 heteroatoms. The molecule has 3 nitrogen and oxygen atoms in total. The summed E-state index contributed by atoms with van der Waals surface area (Å²) in [6, 6.07) is 0. The normalized spacial score (nSPS) is 17.4. The molecule has 0 aromatic heterocycles. The Labute approximate surface area is 129 Å². The third-order valence-corrected chi connectivity index (χ3v) is 3.93. The van der Waals surface area contributed by atoms with Crippen molar-refractivity contribution in [1.82, 2.24) is 0 Å². The minimum absolute atomic E-state index is 0.268. The van der Waals surface area contributed by atoms with Crippen LogP contribution in [0, 0.1) is 11.8 Å². The van der Waals surface area contributed by atoms with E-state index in [2.05, 4.69) is 32.9 Å². The van der Waals surface area contributed by atoms with E-state index in [1.165, 1.54) is 11.1 Å². The van der Waals surface area contributed by atoms with Gasteiger partial charge in [0, 0.05) is 0 Å². The summed E-state index contributed by atoms with van der Waals surface area (Å²) in [5.74, 6) is -0.000772. The number of aldehydes is 1. The number of allylic oxidation sites excluding steroid dienone is 4.